The number of fused-ring (bicyclic) bond motifs is 1. The zero-order chi connectivity index (χ0) is 13.8. The molecule has 2 heteroatoms. The Morgan fingerprint density at radius 3 is 2.85 bits per heavy atom. The molecule has 0 heterocycles. The van der Waals surface area contributed by atoms with Crippen molar-refractivity contribution in [1.82, 2.24) is 5.32 Å². The number of hydrogen-bond acceptors (Lipinski definition) is 2. The van der Waals surface area contributed by atoms with Crippen LogP contribution in [0.15, 0.2) is 24.3 Å². The Morgan fingerprint density at radius 2 is 1.95 bits per heavy atom. The standard InChI is InChI=1S/C18H27NS/c1-20-18-12-5-4-11-17(18)19-13-15-9-6-8-14-7-2-3-10-16(14)15/h2-3,7,10,15,17-19H,4-6,8-9,11-13H2,1H3. The van der Waals surface area contributed by atoms with Gasteiger partial charge in [0, 0.05) is 17.8 Å². The van der Waals surface area contributed by atoms with Gasteiger partial charge < -0.3 is 5.32 Å². The Bertz CT molecular complexity index is 431. The summed E-state index contributed by atoms with van der Waals surface area (Å²) in [6.45, 7) is 1.18. The average molecular weight is 289 g/mol. The Balaban J connectivity index is 1.61. The summed E-state index contributed by atoms with van der Waals surface area (Å²) in [7, 11) is 0. The van der Waals surface area contributed by atoms with Crippen LogP contribution in [-0.2, 0) is 6.42 Å². The van der Waals surface area contributed by atoms with Crippen molar-refractivity contribution in [3.05, 3.63) is 35.4 Å². The minimum Gasteiger partial charge on any atom is -0.312 e. The third-order valence-corrected chi connectivity index (χ3v) is 6.30. The van der Waals surface area contributed by atoms with Crippen molar-refractivity contribution >= 4 is 11.8 Å². The van der Waals surface area contributed by atoms with Gasteiger partial charge in [-0.1, -0.05) is 37.1 Å². The van der Waals surface area contributed by atoms with Gasteiger partial charge in [0.05, 0.1) is 0 Å². The van der Waals surface area contributed by atoms with Gasteiger partial charge in [0.2, 0.25) is 0 Å². The number of nitrogens with one attached hydrogen (secondary N) is 1. The van der Waals surface area contributed by atoms with Gasteiger partial charge in [-0.3, -0.25) is 0 Å². The molecule has 1 nitrogen and oxygen atoms in total. The Morgan fingerprint density at radius 1 is 1.10 bits per heavy atom. The maximum absolute atomic E-state index is 3.91. The van der Waals surface area contributed by atoms with Crippen LogP contribution in [0.3, 0.4) is 0 Å². The van der Waals surface area contributed by atoms with Gasteiger partial charge in [0.15, 0.2) is 0 Å². The number of benzene rings is 1. The van der Waals surface area contributed by atoms with E-state index in [1.807, 2.05) is 0 Å². The lowest BCUT2D eigenvalue weighted by molar-refractivity contribution is 0.366. The Hall–Kier alpha value is -0.470. The fourth-order valence-electron chi connectivity index (χ4n) is 3.97. The predicted molar refractivity (Wildman–Crippen MR) is 89.7 cm³/mol. The van der Waals surface area contributed by atoms with E-state index in [1.165, 1.54) is 51.5 Å². The molecule has 1 aromatic carbocycles. The maximum atomic E-state index is 3.91. The second kappa shape index (κ2) is 7.00. The smallest absolute Gasteiger partial charge is 0.0198 e. The molecule has 0 aliphatic heterocycles. The SMILES string of the molecule is CSC1CCCCC1NCC1CCCc2ccccc21. The maximum Gasteiger partial charge on any atom is 0.0198 e. The number of hydrogen-bond donors (Lipinski definition) is 1. The molecule has 1 saturated carbocycles. The average Bonchev–Trinajstić information content (AvgIpc) is 2.53. The first-order valence-corrected chi connectivity index (χ1v) is 9.51. The Labute approximate surface area is 127 Å². The van der Waals surface area contributed by atoms with Crippen molar-refractivity contribution in [2.75, 3.05) is 12.8 Å². The molecule has 20 heavy (non-hydrogen) atoms. The van der Waals surface area contributed by atoms with E-state index in [1.54, 1.807) is 11.1 Å². The van der Waals surface area contributed by atoms with Crippen molar-refractivity contribution in [1.29, 1.82) is 0 Å². The van der Waals surface area contributed by atoms with Crippen LogP contribution in [0.25, 0.3) is 0 Å². The first-order valence-electron chi connectivity index (χ1n) is 8.22. The van der Waals surface area contributed by atoms with E-state index in [2.05, 4.69) is 47.6 Å². The van der Waals surface area contributed by atoms with Crippen molar-refractivity contribution in [2.24, 2.45) is 0 Å². The van der Waals surface area contributed by atoms with Crippen LogP contribution >= 0.6 is 11.8 Å². The second-order valence-corrected chi connectivity index (χ2v) is 7.44. The largest absolute Gasteiger partial charge is 0.312 e. The van der Waals surface area contributed by atoms with Gasteiger partial charge >= 0.3 is 0 Å². The van der Waals surface area contributed by atoms with Crippen molar-refractivity contribution in [3.8, 4) is 0 Å². The molecule has 110 valence electrons. The lowest BCUT2D eigenvalue weighted by atomic mass is 9.82. The van der Waals surface area contributed by atoms with Crippen LogP contribution in [0.1, 0.15) is 55.6 Å². The highest BCUT2D eigenvalue weighted by Crippen LogP contribution is 2.32. The summed E-state index contributed by atoms with van der Waals surface area (Å²) in [6, 6.07) is 9.83. The van der Waals surface area contributed by atoms with E-state index in [-0.39, 0.29) is 0 Å². The zero-order valence-electron chi connectivity index (χ0n) is 12.6. The fourth-order valence-corrected chi connectivity index (χ4v) is 4.94. The summed E-state index contributed by atoms with van der Waals surface area (Å²) in [6.07, 6.45) is 11.9. The molecule has 1 N–H and O–H groups in total. The summed E-state index contributed by atoms with van der Waals surface area (Å²) < 4.78 is 0. The van der Waals surface area contributed by atoms with E-state index in [4.69, 9.17) is 0 Å². The minimum absolute atomic E-state index is 0.740. The van der Waals surface area contributed by atoms with Gasteiger partial charge in [-0.2, -0.15) is 11.8 Å². The molecule has 0 saturated heterocycles. The highest BCUT2D eigenvalue weighted by molar-refractivity contribution is 7.99. The number of thioether (sulfide) groups is 1. The van der Waals surface area contributed by atoms with E-state index in [9.17, 15) is 0 Å². The molecule has 1 aromatic rings. The molecule has 1 fully saturated rings. The van der Waals surface area contributed by atoms with Crippen molar-refractivity contribution in [2.45, 2.75) is 62.2 Å². The number of aryl methyl sites for hydroxylation is 1. The quantitative estimate of drug-likeness (QED) is 0.883. The van der Waals surface area contributed by atoms with Crippen LogP contribution in [0.2, 0.25) is 0 Å². The van der Waals surface area contributed by atoms with E-state index < -0.39 is 0 Å². The predicted octanol–water partition coefficient (Wildman–Crippen LogP) is 4.37. The minimum atomic E-state index is 0.740. The van der Waals surface area contributed by atoms with Gasteiger partial charge in [0.25, 0.3) is 0 Å². The highest BCUT2D eigenvalue weighted by atomic mass is 32.2. The van der Waals surface area contributed by atoms with Crippen LogP contribution in [0.4, 0.5) is 0 Å². The molecule has 0 spiro atoms. The zero-order valence-corrected chi connectivity index (χ0v) is 13.4. The summed E-state index contributed by atoms with van der Waals surface area (Å²) in [5.74, 6) is 0.740. The molecule has 3 atom stereocenters. The van der Waals surface area contributed by atoms with Crippen LogP contribution < -0.4 is 5.32 Å². The topological polar surface area (TPSA) is 12.0 Å². The third-order valence-electron chi connectivity index (χ3n) is 5.13. The normalized spacial score (nSPS) is 29.9. The van der Waals surface area contributed by atoms with E-state index >= 15 is 0 Å². The van der Waals surface area contributed by atoms with Crippen molar-refractivity contribution in [3.63, 3.8) is 0 Å². The fraction of sp³-hybridized carbons (Fsp3) is 0.667. The molecule has 2 aliphatic carbocycles. The van der Waals surface area contributed by atoms with Gasteiger partial charge in [-0.05, 0) is 55.4 Å². The molecule has 3 rings (SSSR count). The second-order valence-electron chi connectivity index (χ2n) is 6.36. The third kappa shape index (κ3) is 3.23. The molecule has 2 aliphatic rings. The van der Waals surface area contributed by atoms with Crippen molar-refractivity contribution < 1.29 is 0 Å². The van der Waals surface area contributed by atoms with Gasteiger partial charge in [-0.25, -0.2) is 0 Å². The monoisotopic (exact) mass is 289 g/mol. The van der Waals surface area contributed by atoms with E-state index in [0.29, 0.717) is 0 Å². The molecule has 0 bridgehead atoms. The first kappa shape index (κ1) is 14.5. The van der Waals surface area contributed by atoms with Crippen LogP contribution in [-0.4, -0.2) is 24.1 Å². The summed E-state index contributed by atoms with van der Waals surface area (Å²) in [5, 5.41) is 4.75. The molecule has 3 unspecified atom stereocenters. The van der Waals surface area contributed by atoms with Crippen LogP contribution in [0, 0.1) is 0 Å². The summed E-state index contributed by atoms with van der Waals surface area (Å²) >= 11 is 2.06. The molecule has 0 aromatic heterocycles. The molecular weight excluding hydrogens is 262 g/mol. The van der Waals surface area contributed by atoms with E-state index in [0.717, 1.165) is 17.2 Å². The molecular formula is C18H27NS. The van der Waals surface area contributed by atoms with Gasteiger partial charge in [-0.15, -0.1) is 0 Å². The Kier molecular flexibility index (Phi) is 5.06. The lowest BCUT2D eigenvalue weighted by Gasteiger charge is -2.33. The number of rotatable bonds is 4. The summed E-state index contributed by atoms with van der Waals surface area (Å²) in [4.78, 5) is 0. The molecule has 0 amide bonds. The first-order chi connectivity index (χ1) is 9.88. The lowest BCUT2D eigenvalue weighted by Crippen LogP contribution is -2.42. The molecule has 0 radical (unpaired) electrons. The van der Waals surface area contributed by atoms with Crippen LogP contribution in [0.5, 0.6) is 0 Å². The summed E-state index contributed by atoms with van der Waals surface area (Å²) in [5.41, 5.74) is 3.21. The highest BCUT2D eigenvalue weighted by Gasteiger charge is 2.26. The van der Waals surface area contributed by atoms with Gasteiger partial charge in [0.1, 0.15) is 0 Å².